The van der Waals surface area contributed by atoms with Crippen LogP contribution in [0.2, 0.25) is 0 Å². The molecule has 0 fully saturated rings. The van der Waals surface area contributed by atoms with Gasteiger partial charge >= 0.3 is 0 Å². The first kappa shape index (κ1) is 38.0. The van der Waals surface area contributed by atoms with E-state index in [1.54, 1.807) is 0 Å². The zero-order valence-electron chi connectivity index (χ0n) is 35.6. The molecule has 9 aromatic carbocycles. The fourth-order valence-electron chi connectivity index (χ4n) is 9.86. The van der Waals surface area contributed by atoms with Gasteiger partial charge in [-0.3, -0.25) is 0 Å². The van der Waals surface area contributed by atoms with E-state index in [0.29, 0.717) is 5.82 Å². The second-order valence-corrected chi connectivity index (χ2v) is 18.4. The molecule has 2 nitrogen and oxygen atoms in total. The predicted octanol–water partition coefficient (Wildman–Crippen LogP) is 16.8. The van der Waals surface area contributed by atoms with Gasteiger partial charge in [-0.15, -0.1) is 11.3 Å². The average Bonchev–Trinajstić information content (AvgIpc) is 3.86. The molecule has 0 atom stereocenters. The summed E-state index contributed by atoms with van der Waals surface area (Å²) in [6.45, 7) is 4.66. The first-order valence-corrected chi connectivity index (χ1v) is 22.8. The summed E-state index contributed by atoms with van der Waals surface area (Å²) in [5, 5.41) is 2.57. The number of nitrogens with zero attached hydrogens (tertiary/aromatic N) is 2. The molecule has 0 amide bonds. The lowest BCUT2D eigenvalue weighted by atomic mass is 9.82. The Morgan fingerprint density at radius 3 is 1.62 bits per heavy atom. The Hall–Kier alpha value is -7.72. The van der Waals surface area contributed by atoms with Gasteiger partial charge in [0, 0.05) is 42.3 Å². The average molecular weight is 835 g/mol. The second-order valence-electron chi connectivity index (χ2n) is 17.3. The molecule has 3 heteroatoms. The first-order chi connectivity index (χ1) is 31.5. The third kappa shape index (κ3) is 6.47. The molecule has 0 unspecified atom stereocenters. The number of hydrogen-bond donors (Lipinski definition) is 0. The van der Waals surface area contributed by atoms with Gasteiger partial charge in [0.25, 0.3) is 0 Å². The maximum Gasteiger partial charge on any atom is 0.160 e. The second kappa shape index (κ2) is 15.3. The van der Waals surface area contributed by atoms with E-state index in [9.17, 15) is 0 Å². The van der Waals surface area contributed by atoms with Crippen molar-refractivity contribution >= 4 is 31.5 Å². The fraction of sp³-hybridized carbons (Fsp3) is 0.0492. The maximum atomic E-state index is 5.37. The van der Waals surface area contributed by atoms with E-state index in [1.807, 2.05) is 17.4 Å². The van der Waals surface area contributed by atoms with Crippen molar-refractivity contribution in [2.75, 3.05) is 0 Å². The van der Waals surface area contributed by atoms with E-state index in [1.165, 1.54) is 75.8 Å². The summed E-state index contributed by atoms with van der Waals surface area (Å²) in [4.78, 5) is 10.6. The van der Waals surface area contributed by atoms with Crippen molar-refractivity contribution in [3.05, 3.63) is 230 Å². The van der Waals surface area contributed by atoms with Crippen molar-refractivity contribution < 1.29 is 0 Å². The Balaban J connectivity index is 1.02. The van der Waals surface area contributed by atoms with Crippen LogP contribution in [0.25, 0.3) is 110 Å². The van der Waals surface area contributed by atoms with Gasteiger partial charge in [0.1, 0.15) is 0 Å². The third-order valence-corrected chi connectivity index (χ3v) is 14.3. The van der Waals surface area contributed by atoms with Crippen LogP contribution in [-0.2, 0) is 5.41 Å². The monoisotopic (exact) mass is 834 g/mol. The molecule has 11 aromatic rings. The molecule has 1 aliphatic rings. The van der Waals surface area contributed by atoms with E-state index in [2.05, 4.69) is 226 Å². The minimum atomic E-state index is -0.0208. The highest BCUT2D eigenvalue weighted by molar-refractivity contribution is 7.26. The number of aromatic nitrogens is 2. The van der Waals surface area contributed by atoms with Gasteiger partial charge in [0.15, 0.2) is 5.82 Å². The zero-order valence-corrected chi connectivity index (χ0v) is 36.4. The highest BCUT2D eigenvalue weighted by Crippen LogP contribution is 2.50. The summed E-state index contributed by atoms with van der Waals surface area (Å²) in [5.41, 5.74) is 19.6. The minimum absolute atomic E-state index is 0.0208. The number of hydrogen-bond acceptors (Lipinski definition) is 3. The summed E-state index contributed by atoms with van der Waals surface area (Å²) < 4.78 is 2.58. The molecule has 0 bridgehead atoms. The largest absolute Gasteiger partial charge is 0.228 e. The highest BCUT2D eigenvalue weighted by Gasteiger charge is 2.35. The maximum absolute atomic E-state index is 5.37. The normalized spacial score (nSPS) is 12.7. The van der Waals surface area contributed by atoms with E-state index in [0.717, 1.165) is 39.2 Å². The third-order valence-electron chi connectivity index (χ3n) is 13.1. The van der Waals surface area contributed by atoms with Crippen LogP contribution < -0.4 is 0 Å². The Morgan fingerprint density at radius 1 is 0.328 bits per heavy atom. The van der Waals surface area contributed by atoms with Gasteiger partial charge in [-0.2, -0.15) is 0 Å². The molecule has 1 aliphatic carbocycles. The Labute approximate surface area is 377 Å². The van der Waals surface area contributed by atoms with Crippen LogP contribution in [0.3, 0.4) is 0 Å². The van der Waals surface area contributed by atoms with E-state index in [4.69, 9.17) is 9.97 Å². The van der Waals surface area contributed by atoms with Gasteiger partial charge in [-0.05, 0) is 103 Å². The molecule has 0 aliphatic heterocycles. The Morgan fingerprint density at radius 2 is 0.859 bits per heavy atom. The lowest BCUT2D eigenvalue weighted by molar-refractivity contribution is 0.660. The summed E-state index contributed by atoms with van der Waals surface area (Å²) in [6.07, 6.45) is 0. The van der Waals surface area contributed by atoms with Crippen molar-refractivity contribution in [1.82, 2.24) is 9.97 Å². The highest BCUT2D eigenvalue weighted by atomic mass is 32.1. The number of benzene rings is 9. The van der Waals surface area contributed by atoms with Gasteiger partial charge in [-0.25, -0.2) is 9.97 Å². The van der Waals surface area contributed by atoms with Gasteiger partial charge in [-0.1, -0.05) is 196 Å². The fourth-order valence-corrected chi connectivity index (χ4v) is 11.1. The number of fused-ring (bicyclic) bond motifs is 6. The SMILES string of the molecule is CC1(C)c2ccccc2-c2cc(-c3ccc(-c4cc(-c5cc(-c6ccccc6-c6ccccc6)cc(-c6cccc7c6sc6ccccc67)c5)nc(-c5ccccc5)n4)cc3)ccc21. The van der Waals surface area contributed by atoms with Crippen LogP contribution >= 0.6 is 11.3 Å². The molecule has 2 heterocycles. The molecular formula is C61H42N2S. The van der Waals surface area contributed by atoms with Gasteiger partial charge in [0.05, 0.1) is 11.4 Å². The van der Waals surface area contributed by atoms with Crippen molar-refractivity contribution in [3.8, 4) is 89.5 Å². The van der Waals surface area contributed by atoms with Crippen LogP contribution in [0.4, 0.5) is 0 Å². The van der Waals surface area contributed by atoms with Crippen LogP contribution in [-0.4, -0.2) is 9.97 Å². The van der Waals surface area contributed by atoms with Crippen LogP contribution in [0, 0.1) is 0 Å². The van der Waals surface area contributed by atoms with Crippen LogP contribution in [0.5, 0.6) is 0 Å². The van der Waals surface area contributed by atoms with E-state index < -0.39 is 0 Å². The minimum Gasteiger partial charge on any atom is -0.228 e. The van der Waals surface area contributed by atoms with Crippen LogP contribution in [0.15, 0.2) is 218 Å². The molecule has 0 spiro atoms. The molecule has 302 valence electrons. The number of rotatable bonds is 7. The molecule has 2 aromatic heterocycles. The van der Waals surface area contributed by atoms with Gasteiger partial charge < -0.3 is 0 Å². The lowest BCUT2D eigenvalue weighted by Gasteiger charge is -2.21. The van der Waals surface area contributed by atoms with Gasteiger partial charge in [0.2, 0.25) is 0 Å². The summed E-state index contributed by atoms with van der Waals surface area (Å²) >= 11 is 1.86. The molecule has 0 radical (unpaired) electrons. The Kier molecular flexibility index (Phi) is 9.06. The summed E-state index contributed by atoms with van der Waals surface area (Å²) in [6, 6.07) is 79.1. The van der Waals surface area contributed by atoms with E-state index in [-0.39, 0.29) is 5.41 Å². The smallest absolute Gasteiger partial charge is 0.160 e. The molecule has 0 saturated heterocycles. The summed E-state index contributed by atoms with van der Waals surface area (Å²) in [5.74, 6) is 0.695. The predicted molar refractivity (Wildman–Crippen MR) is 271 cm³/mol. The first-order valence-electron chi connectivity index (χ1n) is 22.0. The molecule has 0 saturated carbocycles. The molecule has 12 rings (SSSR count). The summed E-state index contributed by atoms with van der Waals surface area (Å²) in [7, 11) is 0. The van der Waals surface area contributed by atoms with E-state index >= 15 is 0 Å². The zero-order chi connectivity index (χ0) is 42.8. The molecule has 64 heavy (non-hydrogen) atoms. The standard InChI is InChI=1S/C61H42N2S/c1-61(2)54-26-13-11-22-50(54)53-37-43(32-33-55(53)61)39-28-30-41(31-29-39)56-38-57(63-60(62-56)42-18-7-4-8-19-42)46-35-44(48-21-10-9-20-47(48)40-16-5-3-6-17-40)34-45(36-46)49-24-15-25-52-51-23-12-14-27-58(51)64-59(49)52/h3-38H,1-2H3. The van der Waals surface area contributed by atoms with Crippen molar-refractivity contribution in [2.24, 2.45) is 0 Å². The van der Waals surface area contributed by atoms with Crippen molar-refractivity contribution in [1.29, 1.82) is 0 Å². The topological polar surface area (TPSA) is 25.8 Å². The molecular weight excluding hydrogens is 793 g/mol. The number of thiophene rings is 1. The van der Waals surface area contributed by atoms with Crippen LogP contribution in [0.1, 0.15) is 25.0 Å². The molecule has 0 N–H and O–H groups in total. The lowest BCUT2D eigenvalue weighted by Crippen LogP contribution is -2.14. The van der Waals surface area contributed by atoms with Crippen molar-refractivity contribution in [2.45, 2.75) is 19.3 Å². The Bertz CT molecular complexity index is 3560. The quantitative estimate of drug-likeness (QED) is 0.160. The van der Waals surface area contributed by atoms with Crippen molar-refractivity contribution in [3.63, 3.8) is 0 Å².